The summed E-state index contributed by atoms with van der Waals surface area (Å²) < 4.78 is 0. The van der Waals surface area contributed by atoms with Crippen LogP contribution in [0.25, 0.3) is 0 Å². The van der Waals surface area contributed by atoms with Gasteiger partial charge in [-0.3, -0.25) is 4.79 Å². The molecular weight excluding hydrogens is 282 g/mol. The number of thioether (sulfide) groups is 1. The molecule has 0 aliphatic carbocycles. The molecule has 4 N–H and O–H groups in total. The zero-order valence-corrected chi connectivity index (χ0v) is 13.0. The Hall–Kier alpha value is -2.14. The fourth-order valence-electron chi connectivity index (χ4n) is 2.10. The van der Waals surface area contributed by atoms with Crippen molar-refractivity contribution in [2.24, 2.45) is 0 Å². The zero-order valence-electron chi connectivity index (χ0n) is 12.2. The number of nitrogens with zero attached hydrogens (tertiary/aromatic N) is 1. The van der Waals surface area contributed by atoms with Crippen LogP contribution >= 0.6 is 11.8 Å². The van der Waals surface area contributed by atoms with Gasteiger partial charge in [-0.2, -0.15) is 0 Å². The number of rotatable bonds is 4. The van der Waals surface area contributed by atoms with E-state index in [1.807, 2.05) is 18.4 Å². The van der Waals surface area contributed by atoms with Gasteiger partial charge < -0.3 is 16.4 Å². The molecule has 0 atom stereocenters. The van der Waals surface area contributed by atoms with E-state index in [4.69, 9.17) is 11.5 Å². The Labute approximate surface area is 129 Å². The summed E-state index contributed by atoms with van der Waals surface area (Å²) in [7, 11) is 1.77. The SMILES string of the molecule is CSc1ccc(CN(C)C(=O)c2cc(N)cc(N)c2)cc1. The van der Waals surface area contributed by atoms with Crippen LogP contribution in [0.2, 0.25) is 0 Å². The highest BCUT2D eigenvalue weighted by atomic mass is 32.2. The highest BCUT2D eigenvalue weighted by molar-refractivity contribution is 7.98. The molecule has 0 aliphatic heterocycles. The Morgan fingerprint density at radius 1 is 1.10 bits per heavy atom. The average molecular weight is 301 g/mol. The van der Waals surface area contributed by atoms with Crippen molar-refractivity contribution in [2.45, 2.75) is 11.4 Å². The number of carbonyl (C=O) groups excluding carboxylic acids is 1. The first-order valence-corrected chi connectivity index (χ1v) is 7.76. The quantitative estimate of drug-likeness (QED) is 0.673. The van der Waals surface area contributed by atoms with Gasteiger partial charge in [0.25, 0.3) is 5.91 Å². The maximum atomic E-state index is 12.4. The molecule has 4 nitrogen and oxygen atoms in total. The Morgan fingerprint density at radius 2 is 1.67 bits per heavy atom. The number of hydrogen-bond acceptors (Lipinski definition) is 4. The van der Waals surface area contributed by atoms with Gasteiger partial charge in [-0.15, -0.1) is 11.8 Å². The highest BCUT2D eigenvalue weighted by Crippen LogP contribution is 2.18. The lowest BCUT2D eigenvalue weighted by Gasteiger charge is -2.18. The second-order valence-electron chi connectivity index (χ2n) is 4.90. The molecule has 0 saturated heterocycles. The summed E-state index contributed by atoms with van der Waals surface area (Å²) in [6.07, 6.45) is 2.04. The predicted molar refractivity (Wildman–Crippen MR) is 89.3 cm³/mol. The van der Waals surface area contributed by atoms with Crippen molar-refractivity contribution in [3.05, 3.63) is 53.6 Å². The van der Waals surface area contributed by atoms with Gasteiger partial charge in [0.05, 0.1) is 0 Å². The summed E-state index contributed by atoms with van der Waals surface area (Å²) in [6, 6.07) is 13.1. The van der Waals surface area contributed by atoms with Gasteiger partial charge in [-0.05, 0) is 42.2 Å². The van der Waals surface area contributed by atoms with Crippen molar-refractivity contribution in [1.82, 2.24) is 4.90 Å². The van der Waals surface area contributed by atoms with Crippen LogP contribution in [-0.4, -0.2) is 24.1 Å². The lowest BCUT2D eigenvalue weighted by Crippen LogP contribution is -2.26. The first kappa shape index (κ1) is 15.3. The molecule has 0 saturated carbocycles. The fraction of sp³-hybridized carbons (Fsp3) is 0.188. The monoisotopic (exact) mass is 301 g/mol. The summed E-state index contributed by atoms with van der Waals surface area (Å²) in [5.41, 5.74) is 14.0. The van der Waals surface area contributed by atoms with Crippen LogP contribution in [0.15, 0.2) is 47.4 Å². The van der Waals surface area contributed by atoms with E-state index >= 15 is 0 Å². The van der Waals surface area contributed by atoms with E-state index in [0.717, 1.165) is 5.56 Å². The molecule has 2 aromatic rings. The standard InChI is InChI=1S/C16H19N3OS/c1-19(10-11-3-5-15(21-2)6-4-11)16(20)12-7-13(17)9-14(18)8-12/h3-9H,10,17-18H2,1-2H3. The number of anilines is 2. The maximum absolute atomic E-state index is 12.4. The van der Waals surface area contributed by atoms with Crippen molar-refractivity contribution in [2.75, 3.05) is 24.8 Å². The Morgan fingerprint density at radius 3 is 2.19 bits per heavy atom. The highest BCUT2D eigenvalue weighted by Gasteiger charge is 2.13. The largest absolute Gasteiger partial charge is 0.399 e. The first-order chi connectivity index (χ1) is 9.99. The molecule has 0 spiro atoms. The molecule has 0 aromatic heterocycles. The van der Waals surface area contributed by atoms with E-state index in [9.17, 15) is 4.79 Å². The molecular formula is C16H19N3OS. The van der Waals surface area contributed by atoms with Crippen LogP contribution in [-0.2, 0) is 6.54 Å². The van der Waals surface area contributed by atoms with Crippen molar-refractivity contribution >= 4 is 29.0 Å². The number of hydrogen-bond donors (Lipinski definition) is 2. The topological polar surface area (TPSA) is 72.3 Å². The summed E-state index contributed by atoms with van der Waals surface area (Å²) in [5, 5.41) is 0. The molecule has 0 aliphatic rings. The number of carbonyl (C=O) groups is 1. The van der Waals surface area contributed by atoms with Crippen LogP contribution in [0, 0.1) is 0 Å². The Balaban J connectivity index is 2.11. The molecule has 0 heterocycles. The summed E-state index contributed by atoms with van der Waals surface area (Å²) in [5.74, 6) is -0.0945. The summed E-state index contributed by atoms with van der Waals surface area (Å²) in [6.45, 7) is 0.544. The molecule has 110 valence electrons. The van der Waals surface area contributed by atoms with E-state index < -0.39 is 0 Å². The van der Waals surface area contributed by atoms with Gasteiger partial charge in [0.2, 0.25) is 0 Å². The van der Waals surface area contributed by atoms with Crippen molar-refractivity contribution in [1.29, 1.82) is 0 Å². The molecule has 2 rings (SSSR count). The van der Waals surface area contributed by atoms with Crippen LogP contribution < -0.4 is 11.5 Å². The molecule has 21 heavy (non-hydrogen) atoms. The third-order valence-corrected chi connectivity index (χ3v) is 3.89. The second-order valence-corrected chi connectivity index (χ2v) is 5.78. The van der Waals surface area contributed by atoms with Gasteiger partial charge in [0.15, 0.2) is 0 Å². The van der Waals surface area contributed by atoms with E-state index in [2.05, 4.69) is 12.1 Å². The first-order valence-electron chi connectivity index (χ1n) is 6.54. The third kappa shape index (κ3) is 3.92. The number of nitrogen functional groups attached to an aromatic ring is 2. The molecule has 0 fully saturated rings. The second kappa shape index (κ2) is 6.54. The molecule has 1 amide bonds. The summed E-state index contributed by atoms with van der Waals surface area (Å²) >= 11 is 1.69. The average Bonchev–Trinajstić information content (AvgIpc) is 2.46. The van der Waals surface area contributed by atoms with Gasteiger partial charge in [0.1, 0.15) is 0 Å². The van der Waals surface area contributed by atoms with Crippen molar-refractivity contribution in [3.8, 4) is 0 Å². The van der Waals surface area contributed by atoms with E-state index in [0.29, 0.717) is 23.5 Å². The van der Waals surface area contributed by atoms with Gasteiger partial charge in [-0.25, -0.2) is 0 Å². The van der Waals surface area contributed by atoms with Crippen molar-refractivity contribution < 1.29 is 4.79 Å². The van der Waals surface area contributed by atoms with E-state index in [1.54, 1.807) is 41.9 Å². The Kier molecular flexibility index (Phi) is 4.75. The number of benzene rings is 2. The van der Waals surface area contributed by atoms with Crippen LogP contribution in [0.4, 0.5) is 11.4 Å². The maximum Gasteiger partial charge on any atom is 0.254 e. The smallest absolute Gasteiger partial charge is 0.254 e. The minimum absolute atomic E-state index is 0.0945. The molecule has 0 bridgehead atoms. The normalized spacial score (nSPS) is 10.4. The van der Waals surface area contributed by atoms with Crippen LogP contribution in [0.5, 0.6) is 0 Å². The number of amides is 1. The van der Waals surface area contributed by atoms with Crippen molar-refractivity contribution in [3.63, 3.8) is 0 Å². The van der Waals surface area contributed by atoms with Gasteiger partial charge >= 0.3 is 0 Å². The van der Waals surface area contributed by atoms with Crippen LogP contribution in [0.3, 0.4) is 0 Å². The zero-order chi connectivity index (χ0) is 15.4. The van der Waals surface area contributed by atoms with E-state index in [-0.39, 0.29) is 5.91 Å². The van der Waals surface area contributed by atoms with Gasteiger partial charge in [0, 0.05) is 35.4 Å². The lowest BCUT2D eigenvalue weighted by molar-refractivity contribution is 0.0785. The van der Waals surface area contributed by atoms with E-state index in [1.165, 1.54) is 4.90 Å². The summed E-state index contributed by atoms with van der Waals surface area (Å²) in [4.78, 5) is 15.2. The molecule has 0 radical (unpaired) electrons. The molecule has 5 heteroatoms. The minimum atomic E-state index is -0.0945. The molecule has 2 aromatic carbocycles. The fourth-order valence-corrected chi connectivity index (χ4v) is 2.51. The minimum Gasteiger partial charge on any atom is -0.399 e. The van der Waals surface area contributed by atoms with Gasteiger partial charge in [-0.1, -0.05) is 12.1 Å². The van der Waals surface area contributed by atoms with Crippen LogP contribution in [0.1, 0.15) is 15.9 Å². The number of nitrogens with two attached hydrogens (primary N) is 2. The Bertz CT molecular complexity index is 620. The predicted octanol–water partition coefficient (Wildman–Crippen LogP) is 2.85. The lowest BCUT2D eigenvalue weighted by atomic mass is 10.1. The molecule has 0 unspecified atom stereocenters. The third-order valence-electron chi connectivity index (χ3n) is 3.15.